The fraction of sp³-hybridized carbons (Fsp3) is 0.471. The number of nitrogens with zero attached hydrogens (tertiary/aromatic N) is 3. The molecule has 5 aliphatic carbocycles. The van der Waals surface area contributed by atoms with E-state index in [1.54, 1.807) is 26.5 Å². The van der Waals surface area contributed by atoms with Crippen LogP contribution in [0.4, 0.5) is 5.69 Å². The monoisotopic (exact) mass is 781 g/mol. The zero-order valence-corrected chi connectivity index (χ0v) is 37.6. The van der Waals surface area contributed by atoms with Gasteiger partial charge in [0.25, 0.3) is 0 Å². The minimum absolute atomic E-state index is 0.0703. The number of rotatable bonds is 9. The molecule has 296 valence electrons. The van der Waals surface area contributed by atoms with Gasteiger partial charge in [0.15, 0.2) is 0 Å². The van der Waals surface area contributed by atoms with E-state index in [2.05, 4.69) is 167 Å². The van der Waals surface area contributed by atoms with Gasteiger partial charge in [0.1, 0.15) is 0 Å². The standard InChI is InChI=1S/C51H67N3SSi/c1-9-19-49-36(3)53(46-25-13-16-28-50(46)56(49)8)33-18-20-38(52-10-2)31-29-37-30-32-41-40-22-17-21-39(35-43(40)51(4,5)42(41)34-37)54-44-23-11-14-26-47(44)55(6,7)48-27-15-12-24-45(48)54/h9,11-14,16,19,23-26,28-32,35-36,42,46,49-50,56H,10,15,17-18,20-22,27,33-34H2,1-8H3. The number of hydrogen-bond acceptors (Lipinski definition) is 3. The van der Waals surface area contributed by atoms with Gasteiger partial charge >= 0.3 is 0 Å². The first-order chi connectivity index (χ1) is 27.1. The van der Waals surface area contributed by atoms with Gasteiger partial charge in [-0.15, -0.1) is 0 Å². The molecule has 6 atom stereocenters. The van der Waals surface area contributed by atoms with Crippen LogP contribution in [0.25, 0.3) is 0 Å². The number of allylic oxidation sites excluding steroid dienone is 16. The first-order valence-electron chi connectivity index (χ1n) is 21.9. The molecule has 1 aromatic carbocycles. The summed E-state index contributed by atoms with van der Waals surface area (Å²) in [6, 6.07) is 10.4. The smallest absolute Gasteiger partial charge is 0.0582 e. The molecular weight excluding hydrogens is 715 g/mol. The minimum Gasteiger partial charge on any atom is -0.312 e. The number of benzene rings is 1. The Kier molecular flexibility index (Phi) is 11.3. The number of hydrogen-bond donors (Lipinski definition) is 0. The Hall–Kier alpha value is -3.38. The minimum atomic E-state index is -1.02. The number of fused-ring (bicyclic) bond motifs is 4. The topological polar surface area (TPSA) is 18.8 Å². The van der Waals surface area contributed by atoms with Gasteiger partial charge in [-0.1, -0.05) is 93.3 Å². The Morgan fingerprint density at radius 2 is 1.89 bits per heavy atom. The third-order valence-electron chi connectivity index (χ3n) is 14.5. The van der Waals surface area contributed by atoms with Crippen molar-refractivity contribution in [3.63, 3.8) is 0 Å². The molecule has 0 aromatic heterocycles. The van der Waals surface area contributed by atoms with E-state index in [0.717, 1.165) is 56.3 Å². The molecule has 0 amide bonds. The average Bonchev–Trinajstić information content (AvgIpc) is 3.31. The van der Waals surface area contributed by atoms with Crippen molar-refractivity contribution in [1.29, 1.82) is 0 Å². The van der Waals surface area contributed by atoms with E-state index >= 15 is 0 Å². The molecule has 7 aliphatic rings. The highest BCUT2D eigenvalue weighted by Gasteiger charge is 2.46. The predicted octanol–water partition coefficient (Wildman–Crippen LogP) is 12.9. The van der Waals surface area contributed by atoms with Crippen molar-refractivity contribution in [2.75, 3.05) is 30.5 Å². The van der Waals surface area contributed by atoms with Crippen molar-refractivity contribution >= 4 is 30.2 Å². The molecule has 1 saturated heterocycles. The van der Waals surface area contributed by atoms with Crippen LogP contribution in [0.1, 0.15) is 86.0 Å². The summed E-state index contributed by atoms with van der Waals surface area (Å²) in [6.45, 7) is 16.5. The first kappa shape index (κ1) is 39.4. The van der Waals surface area contributed by atoms with Crippen molar-refractivity contribution in [2.24, 2.45) is 16.3 Å². The van der Waals surface area contributed by atoms with Crippen LogP contribution in [0.5, 0.6) is 0 Å². The van der Waals surface area contributed by atoms with Crippen molar-refractivity contribution in [1.82, 2.24) is 4.90 Å². The normalized spacial score (nSPS) is 31.4. The molecule has 6 unspecified atom stereocenters. The maximum Gasteiger partial charge on any atom is 0.0582 e. The summed E-state index contributed by atoms with van der Waals surface area (Å²) in [4.78, 5) is 13.7. The Balaban J connectivity index is 1.00. The van der Waals surface area contributed by atoms with Crippen LogP contribution in [-0.4, -0.2) is 57.1 Å². The van der Waals surface area contributed by atoms with Crippen molar-refractivity contribution in [2.45, 2.75) is 121 Å². The van der Waals surface area contributed by atoms with Crippen LogP contribution in [0.15, 0.2) is 152 Å². The van der Waals surface area contributed by atoms with E-state index in [0.29, 0.717) is 18.0 Å². The van der Waals surface area contributed by atoms with Crippen LogP contribution in [0, 0.1) is 11.3 Å². The summed E-state index contributed by atoms with van der Waals surface area (Å²) in [5.41, 5.74) is 13.4. The van der Waals surface area contributed by atoms with Gasteiger partial charge in [0, 0.05) is 34.9 Å². The Morgan fingerprint density at radius 3 is 2.71 bits per heavy atom. The average molecular weight is 782 g/mol. The Morgan fingerprint density at radius 1 is 1.07 bits per heavy atom. The lowest BCUT2D eigenvalue weighted by Gasteiger charge is -2.50. The Bertz CT molecular complexity index is 2060. The lowest BCUT2D eigenvalue weighted by molar-refractivity contribution is 0.154. The third kappa shape index (κ3) is 6.98. The van der Waals surface area contributed by atoms with Crippen LogP contribution in [-0.2, 0) is 0 Å². The molecule has 0 saturated carbocycles. The van der Waals surface area contributed by atoms with Crippen molar-refractivity contribution in [3.8, 4) is 0 Å². The summed E-state index contributed by atoms with van der Waals surface area (Å²) in [7, 11) is -1.96. The molecule has 56 heavy (non-hydrogen) atoms. The van der Waals surface area contributed by atoms with Crippen LogP contribution >= 0.6 is 10.0 Å². The van der Waals surface area contributed by atoms with E-state index in [-0.39, 0.29) is 5.41 Å². The molecule has 0 spiro atoms. The van der Waals surface area contributed by atoms with E-state index in [1.807, 2.05) is 0 Å². The second kappa shape index (κ2) is 16.1. The summed E-state index contributed by atoms with van der Waals surface area (Å²) >= 11 is 0. The molecule has 2 aliphatic heterocycles. The van der Waals surface area contributed by atoms with Crippen LogP contribution in [0.3, 0.4) is 0 Å². The number of anilines is 1. The van der Waals surface area contributed by atoms with Gasteiger partial charge in [0.05, 0.1) is 20.2 Å². The van der Waals surface area contributed by atoms with Crippen molar-refractivity contribution in [3.05, 3.63) is 142 Å². The SMILES string of the molecule is CC=CC1C(C)N(CCCC(C=CC2=CC=C3C4=C(C=C(N5C6=C(CCC=C6)S(C)(C)c6ccccc65)CCC4)C(C)(C)C3C2)=NCC)C2C=CC=CC2[SiH]1C. The molecule has 5 heteroatoms. The maximum atomic E-state index is 5.03. The van der Waals surface area contributed by atoms with Crippen LogP contribution in [0.2, 0.25) is 17.6 Å². The second-order valence-corrected chi connectivity index (χ2v) is 25.1. The molecule has 3 nitrogen and oxygen atoms in total. The van der Waals surface area contributed by atoms with E-state index in [4.69, 9.17) is 4.99 Å². The number of aliphatic imine (C=N–C) groups is 1. The van der Waals surface area contributed by atoms with Gasteiger partial charge in [-0.3, -0.25) is 9.89 Å². The highest BCUT2D eigenvalue weighted by Crippen LogP contribution is 2.66. The summed E-state index contributed by atoms with van der Waals surface area (Å²) in [5.74, 6) is 0.503. The second-order valence-electron chi connectivity index (χ2n) is 18.3. The van der Waals surface area contributed by atoms with Gasteiger partial charge in [-0.25, -0.2) is 0 Å². The molecule has 8 rings (SSSR count). The van der Waals surface area contributed by atoms with Gasteiger partial charge in [-0.05, 0) is 171 Å². The molecule has 0 radical (unpaired) electrons. The zero-order chi connectivity index (χ0) is 39.2. The lowest BCUT2D eigenvalue weighted by Crippen LogP contribution is -2.56. The molecule has 0 bridgehead atoms. The van der Waals surface area contributed by atoms with Crippen LogP contribution < -0.4 is 4.90 Å². The molecule has 2 heterocycles. The maximum absolute atomic E-state index is 5.03. The fourth-order valence-electron chi connectivity index (χ4n) is 11.5. The van der Waals surface area contributed by atoms with Gasteiger partial charge in [0.2, 0.25) is 0 Å². The third-order valence-corrected chi connectivity index (χ3v) is 21.5. The molecule has 0 N–H and O–H groups in total. The van der Waals surface area contributed by atoms with E-state index in [1.165, 1.54) is 47.6 Å². The van der Waals surface area contributed by atoms with E-state index < -0.39 is 18.8 Å². The highest BCUT2D eigenvalue weighted by atomic mass is 32.3. The fourth-order valence-corrected chi connectivity index (χ4v) is 17.8. The zero-order valence-electron chi connectivity index (χ0n) is 35.6. The summed E-state index contributed by atoms with van der Waals surface area (Å²) in [6.07, 6.45) is 45.7. The first-order valence-corrected chi connectivity index (χ1v) is 26.8. The molecule has 1 fully saturated rings. The van der Waals surface area contributed by atoms with Crippen molar-refractivity contribution < 1.29 is 0 Å². The van der Waals surface area contributed by atoms with E-state index in [9.17, 15) is 0 Å². The number of para-hydroxylation sites is 1. The predicted molar refractivity (Wildman–Crippen MR) is 249 cm³/mol. The quantitative estimate of drug-likeness (QED) is 0.141. The largest absolute Gasteiger partial charge is 0.312 e. The van der Waals surface area contributed by atoms with Gasteiger partial charge < -0.3 is 4.90 Å². The summed E-state index contributed by atoms with van der Waals surface area (Å²) in [5, 5.41) is 0. The molecule has 1 aromatic rings. The Labute approximate surface area is 342 Å². The lowest BCUT2D eigenvalue weighted by atomic mass is 9.71. The molecular formula is C51H67N3SSi. The highest BCUT2D eigenvalue weighted by molar-refractivity contribution is 8.36. The van der Waals surface area contributed by atoms with Gasteiger partial charge in [-0.2, -0.15) is 10.0 Å². The summed E-state index contributed by atoms with van der Waals surface area (Å²) < 4.78 is 0.